The molecule has 7 heteroatoms. The summed E-state index contributed by atoms with van der Waals surface area (Å²) in [7, 11) is 0. The van der Waals surface area contributed by atoms with Gasteiger partial charge in [-0.3, -0.25) is 10.1 Å². The number of amides is 2. The minimum Gasteiger partial charge on any atom is -0.481 e. The first-order chi connectivity index (χ1) is 8.72. The molecule has 0 aromatic carbocycles. The van der Waals surface area contributed by atoms with E-state index in [1.54, 1.807) is 13.8 Å². The van der Waals surface area contributed by atoms with E-state index < -0.39 is 17.4 Å². The number of hydrogen-bond acceptors (Lipinski definition) is 4. The maximum Gasteiger partial charge on any atom is 0.321 e. The lowest BCUT2D eigenvalue weighted by atomic mass is 9.94. The number of aliphatic carboxylic acids is 1. The van der Waals surface area contributed by atoms with Crippen molar-refractivity contribution in [1.29, 1.82) is 0 Å². The van der Waals surface area contributed by atoms with E-state index in [1.807, 2.05) is 19.2 Å². The van der Waals surface area contributed by atoms with Gasteiger partial charge >= 0.3 is 12.0 Å². The first-order valence-corrected chi connectivity index (χ1v) is 6.84. The Balaban J connectivity index is 2.49. The zero-order chi connectivity index (χ0) is 14.6. The molecule has 0 fully saturated rings. The number of carbonyl (C=O) groups excluding carboxylic acids is 1. The molecule has 0 atom stereocenters. The van der Waals surface area contributed by atoms with Crippen LogP contribution in [0.5, 0.6) is 0 Å². The summed E-state index contributed by atoms with van der Waals surface area (Å²) in [4.78, 5) is 26.8. The van der Waals surface area contributed by atoms with Crippen molar-refractivity contribution in [3.63, 3.8) is 0 Å². The molecule has 1 aromatic rings. The summed E-state index contributed by atoms with van der Waals surface area (Å²) in [5.74, 6) is -0.648. The summed E-state index contributed by atoms with van der Waals surface area (Å²) in [6, 6.07) is -0.445. The molecule has 1 rings (SSSR count). The maximum atomic E-state index is 11.6. The van der Waals surface area contributed by atoms with Gasteiger partial charge in [-0.15, -0.1) is 11.3 Å². The van der Waals surface area contributed by atoms with E-state index in [-0.39, 0.29) is 6.54 Å². The number of thiazole rings is 1. The Bertz CT molecular complexity index is 469. The van der Waals surface area contributed by atoms with E-state index in [0.29, 0.717) is 11.0 Å². The monoisotopic (exact) mass is 285 g/mol. The summed E-state index contributed by atoms with van der Waals surface area (Å²) in [6.07, 6.45) is 0. The van der Waals surface area contributed by atoms with E-state index in [1.165, 1.54) is 11.3 Å². The van der Waals surface area contributed by atoms with E-state index >= 15 is 0 Å². The smallest absolute Gasteiger partial charge is 0.321 e. The Morgan fingerprint density at radius 3 is 2.58 bits per heavy atom. The van der Waals surface area contributed by atoms with Crippen LogP contribution in [0.2, 0.25) is 0 Å². The molecule has 0 spiro atoms. The van der Waals surface area contributed by atoms with Crippen LogP contribution in [-0.4, -0.2) is 28.6 Å². The Labute approximate surface area is 116 Å². The summed E-state index contributed by atoms with van der Waals surface area (Å²) in [5.41, 5.74) is -0.0743. The molecular formula is C12H19N3O3S. The molecule has 0 aliphatic heterocycles. The van der Waals surface area contributed by atoms with Crippen molar-refractivity contribution in [2.24, 2.45) is 5.41 Å². The standard InChI is InChI=1S/C12H19N3O3S/c1-7(2)8-5-19-11(14-8)15-10(18)13-6-12(3,4)9(16)17/h5,7H,6H2,1-4H3,(H,16,17)(H2,13,14,15,18). The normalized spacial score (nSPS) is 11.4. The molecule has 0 unspecified atom stereocenters. The van der Waals surface area contributed by atoms with Crippen LogP contribution >= 0.6 is 11.3 Å². The van der Waals surface area contributed by atoms with Gasteiger partial charge in [0.15, 0.2) is 5.13 Å². The molecule has 0 saturated carbocycles. The zero-order valence-corrected chi connectivity index (χ0v) is 12.3. The van der Waals surface area contributed by atoms with Crippen LogP contribution in [0.3, 0.4) is 0 Å². The molecule has 1 aromatic heterocycles. The number of carboxylic acids is 1. The van der Waals surface area contributed by atoms with Crippen molar-refractivity contribution < 1.29 is 14.7 Å². The van der Waals surface area contributed by atoms with Crippen LogP contribution in [0.15, 0.2) is 5.38 Å². The number of hydrogen-bond donors (Lipinski definition) is 3. The van der Waals surface area contributed by atoms with Crippen LogP contribution in [0.4, 0.5) is 9.93 Å². The zero-order valence-electron chi connectivity index (χ0n) is 11.5. The Morgan fingerprint density at radius 1 is 1.47 bits per heavy atom. The minimum absolute atomic E-state index is 0.0522. The van der Waals surface area contributed by atoms with Gasteiger partial charge in [0, 0.05) is 11.9 Å². The van der Waals surface area contributed by atoms with Gasteiger partial charge in [-0.25, -0.2) is 9.78 Å². The van der Waals surface area contributed by atoms with E-state index in [2.05, 4.69) is 15.6 Å². The molecule has 2 amide bonds. The Kier molecular flexibility index (Phi) is 4.88. The second-order valence-electron chi connectivity index (χ2n) is 5.23. The fraction of sp³-hybridized carbons (Fsp3) is 0.583. The summed E-state index contributed by atoms with van der Waals surface area (Å²) in [5, 5.41) is 16.4. The molecule has 106 valence electrons. The highest BCUT2D eigenvalue weighted by Crippen LogP contribution is 2.21. The number of carboxylic acid groups (broad SMARTS) is 1. The summed E-state index contributed by atoms with van der Waals surface area (Å²) < 4.78 is 0. The number of nitrogens with one attached hydrogen (secondary N) is 2. The second-order valence-corrected chi connectivity index (χ2v) is 6.09. The van der Waals surface area contributed by atoms with Crippen molar-refractivity contribution in [3.05, 3.63) is 11.1 Å². The van der Waals surface area contributed by atoms with Gasteiger partial charge in [-0.05, 0) is 19.8 Å². The number of rotatable bonds is 5. The summed E-state index contributed by atoms with van der Waals surface area (Å²) >= 11 is 1.35. The van der Waals surface area contributed by atoms with Gasteiger partial charge in [0.25, 0.3) is 0 Å². The van der Waals surface area contributed by atoms with Crippen LogP contribution in [0.1, 0.15) is 39.3 Å². The van der Waals surface area contributed by atoms with Gasteiger partial charge in [-0.1, -0.05) is 13.8 Å². The SMILES string of the molecule is CC(C)c1csc(NC(=O)NCC(C)(C)C(=O)O)n1. The fourth-order valence-electron chi connectivity index (χ4n) is 1.13. The molecule has 19 heavy (non-hydrogen) atoms. The third-order valence-corrected chi connectivity index (χ3v) is 3.38. The number of aromatic nitrogens is 1. The van der Waals surface area contributed by atoms with E-state index in [0.717, 1.165) is 5.69 Å². The molecule has 0 aliphatic carbocycles. The largest absolute Gasteiger partial charge is 0.481 e. The first-order valence-electron chi connectivity index (χ1n) is 5.96. The minimum atomic E-state index is -0.997. The van der Waals surface area contributed by atoms with Gasteiger partial charge < -0.3 is 10.4 Å². The predicted molar refractivity (Wildman–Crippen MR) is 74.6 cm³/mol. The molecule has 6 nitrogen and oxygen atoms in total. The first kappa shape index (κ1) is 15.4. The van der Waals surface area contributed by atoms with Crippen molar-refractivity contribution >= 4 is 28.5 Å². The van der Waals surface area contributed by atoms with Crippen LogP contribution in [0.25, 0.3) is 0 Å². The molecule has 0 radical (unpaired) electrons. The van der Waals surface area contributed by atoms with E-state index in [4.69, 9.17) is 5.11 Å². The van der Waals surface area contributed by atoms with Gasteiger partial charge in [0.05, 0.1) is 11.1 Å². The van der Waals surface area contributed by atoms with E-state index in [9.17, 15) is 9.59 Å². The molecule has 3 N–H and O–H groups in total. The quantitative estimate of drug-likeness (QED) is 0.775. The average Bonchev–Trinajstić information content (AvgIpc) is 2.75. The topological polar surface area (TPSA) is 91.3 Å². The Morgan fingerprint density at radius 2 is 2.11 bits per heavy atom. The number of anilines is 1. The average molecular weight is 285 g/mol. The lowest BCUT2D eigenvalue weighted by molar-refractivity contribution is -0.146. The third kappa shape index (κ3) is 4.51. The van der Waals surface area contributed by atoms with Crippen molar-refractivity contribution in [3.8, 4) is 0 Å². The van der Waals surface area contributed by atoms with Crippen LogP contribution in [-0.2, 0) is 4.79 Å². The number of urea groups is 1. The second kappa shape index (κ2) is 6.01. The highest BCUT2D eigenvalue weighted by atomic mass is 32.1. The molecule has 0 aliphatic rings. The fourth-order valence-corrected chi connectivity index (χ4v) is 1.99. The lowest BCUT2D eigenvalue weighted by Crippen LogP contribution is -2.40. The van der Waals surface area contributed by atoms with Crippen molar-refractivity contribution in [2.75, 3.05) is 11.9 Å². The van der Waals surface area contributed by atoms with Crippen molar-refractivity contribution in [1.82, 2.24) is 10.3 Å². The highest BCUT2D eigenvalue weighted by Gasteiger charge is 2.27. The van der Waals surface area contributed by atoms with Crippen LogP contribution < -0.4 is 10.6 Å². The third-order valence-electron chi connectivity index (χ3n) is 2.60. The van der Waals surface area contributed by atoms with Crippen LogP contribution in [0, 0.1) is 5.41 Å². The van der Waals surface area contributed by atoms with Gasteiger partial charge in [0.2, 0.25) is 0 Å². The number of carbonyl (C=O) groups is 2. The predicted octanol–water partition coefficient (Wildman–Crippen LogP) is 2.50. The molecule has 0 saturated heterocycles. The highest BCUT2D eigenvalue weighted by molar-refractivity contribution is 7.13. The summed E-state index contributed by atoms with van der Waals surface area (Å²) in [6.45, 7) is 7.20. The maximum absolute atomic E-state index is 11.6. The Hall–Kier alpha value is -1.63. The van der Waals surface area contributed by atoms with Gasteiger partial charge in [-0.2, -0.15) is 0 Å². The molecule has 1 heterocycles. The molecular weight excluding hydrogens is 266 g/mol. The van der Waals surface area contributed by atoms with Crippen molar-refractivity contribution in [2.45, 2.75) is 33.6 Å². The lowest BCUT2D eigenvalue weighted by Gasteiger charge is -2.19. The molecule has 0 bridgehead atoms. The number of nitrogens with zero attached hydrogens (tertiary/aromatic N) is 1. The van der Waals surface area contributed by atoms with Gasteiger partial charge in [0.1, 0.15) is 0 Å².